The summed E-state index contributed by atoms with van der Waals surface area (Å²) < 4.78 is 1.13. The van der Waals surface area contributed by atoms with Gasteiger partial charge in [-0.3, -0.25) is 15.6 Å². The predicted octanol–water partition coefficient (Wildman–Crippen LogP) is 24.2. The number of aromatic nitrogens is 2. The molecule has 0 saturated heterocycles. The maximum atomic E-state index is 11.8. The van der Waals surface area contributed by atoms with Crippen molar-refractivity contribution in [2.24, 2.45) is 10.2 Å². The monoisotopic (exact) mass is 1410 g/mol. The Morgan fingerprint density at radius 1 is 0.298 bits per heavy atom. The third kappa shape index (κ3) is 16.7. The quantitative estimate of drug-likeness (QED) is 0.0399. The maximum Gasteiger partial charge on any atom is 0.167 e. The van der Waals surface area contributed by atoms with Crippen molar-refractivity contribution >= 4 is 87.9 Å². The number of Topliss-reactive ketones (excluding diaryl/α,β-unsaturated/α-hetero) is 1. The molecule has 9 heteroatoms. The maximum absolute atomic E-state index is 11.8. The highest BCUT2D eigenvalue weighted by molar-refractivity contribution is 9.10. The zero-order chi connectivity index (χ0) is 71.1. The van der Waals surface area contributed by atoms with Gasteiger partial charge in [-0.05, 0) is 52.1 Å². The average Bonchev–Trinajstić information content (AvgIpc) is 1.56. The van der Waals surface area contributed by atoms with Crippen LogP contribution in [-0.2, 0) is 6.42 Å². The summed E-state index contributed by atoms with van der Waals surface area (Å²) in [6, 6.07) is 134. The van der Waals surface area contributed by atoms with Gasteiger partial charge in [-0.25, -0.2) is 0 Å². The summed E-state index contributed by atoms with van der Waals surface area (Å²) in [7, 11) is 1.00. The molecule has 0 aliphatic carbocycles. The highest BCUT2D eigenvalue weighted by Crippen LogP contribution is 2.45. The summed E-state index contributed by atoms with van der Waals surface area (Å²) in [6.45, 7) is 0. The van der Waals surface area contributed by atoms with Gasteiger partial charge in [0.2, 0.25) is 0 Å². The van der Waals surface area contributed by atoms with Gasteiger partial charge in [0.05, 0.1) is 45.2 Å². The van der Waals surface area contributed by atoms with E-state index in [2.05, 4.69) is 243 Å². The molecule has 8 nitrogen and oxygen atoms in total. The van der Waals surface area contributed by atoms with E-state index in [1.54, 1.807) is 0 Å². The first kappa shape index (κ1) is 69.4. The van der Waals surface area contributed by atoms with Gasteiger partial charge in [-0.1, -0.05) is 386 Å². The summed E-state index contributed by atoms with van der Waals surface area (Å²) in [6.07, 6.45) is 0.477. The number of benzene rings is 15. The molecule has 104 heavy (non-hydrogen) atoms. The molecule has 0 saturated carbocycles. The molecule has 0 spiro atoms. The van der Waals surface area contributed by atoms with Gasteiger partial charge in [0.15, 0.2) is 5.78 Å². The number of halogens is 1. The van der Waals surface area contributed by atoms with E-state index in [0.717, 1.165) is 101 Å². The molecule has 0 unspecified atom stereocenters. The minimum absolute atomic E-state index is 0.168. The lowest BCUT2D eigenvalue weighted by molar-refractivity contribution is 0.0993. The number of aliphatic hydroxyl groups is 1. The van der Waals surface area contributed by atoms with Crippen LogP contribution in [0.5, 0.6) is 0 Å². The predicted molar refractivity (Wildman–Crippen MR) is 441 cm³/mol. The molecule has 5 N–H and O–H groups in total. The van der Waals surface area contributed by atoms with Gasteiger partial charge < -0.3 is 15.1 Å². The van der Waals surface area contributed by atoms with Gasteiger partial charge >= 0.3 is 0 Å². The lowest BCUT2D eigenvalue weighted by Gasteiger charge is -2.13. The lowest BCUT2D eigenvalue weighted by Crippen LogP contribution is -2.07. The van der Waals surface area contributed by atoms with Crippen LogP contribution in [0.15, 0.2) is 409 Å². The fraction of sp³-hybridized carbons (Fsp3) is 0.0211. The van der Waals surface area contributed by atoms with Crippen LogP contribution >= 0.6 is 15.9 Å². The van der Waals surface area contributed by atoms with Crippen LogP contribution in [0.25, 0.3) is 88.1 Å². The zero-order valence-electron chi connectivity index (χ0n) is 57.4. The molecule has 0 bridgehead atoms. The van der Waals surface area contributed by atoms with Crippen LogP contribution < -0.4 is 10.9 Å². The second-order valence-electron chi connectivity index (χ2n) is 24.3. The fourth-order valence-corrected chi connectivity index (χ4v) is 13.1. The van der Waals surface area contributed by atoms with E-state index in [1.165, 1.54) is 54.9 Å². The van der Waals surface area contributed by atoms with Crippen LogP contribution in [0, 0.1) is 0 Å². The lowest BCUT2D eigenvalue weighted by atomic mass is 9.95. The van der Waals surface area contributed by atoms with Crippen LogP contribution in [0.4, 0.5) is 11.4 Å². The summed E-state index contributed by atoms with van der Waals surface area (Å²) in [5, 5.41) is 23.8. The van der Waals surface area contributed by atoms with E-state index < -0.39 is 0 Å². The van der Waals surface area contributed by atoms with Crippen molar-refractivity contribution in [3.63, 3.8) is 0 Å². The molecule has 0 fully saturated rings. The number of carbonyl (C=O) groups is 1. The molecule has 0 atom stereocenters. The minimum atomic E-state index is 0.168. The second kappa shape index (κ2) is 34.8. The Hall–Kier alpha value is -13.1. The molecule has 0 radical (unpaired) electrons. The molecular weight excluding hydrogens is 1340 g/mol. The van der Waals surface area contributed by atoms with Crippen molar-refractivity contribution in [1.29, 1.82) is 0 Å². The van der Waals surface area contributed by atoms with Crippen molar-refractivity contribution < 1.29 is 9.90 Å². The van der Waals surface area contributed by atoms with E-state index in [1.807, 2.05) is 188 Å². The number of hydrazone groups is 2. The number of carbonyl (C=O) groups excluding carboxylic acids is 1. The van der Waals surface area contributed by atoms with Crippen molar-refractivity contribution in [3.05, 3.63) is 432 Å². The van der Waals surface area contributed by atoms with Gasteiger partial charge in [-0.15, -0.1) is 0 Å². The number of nitrogens with zero attached hydrogens (tertiary/aromatic N) is 2. The Labute approximate surface area is 615 Å². The van der Waals surface area contributed by atoms with E-state index in [-0.39, 0.29) is 5.78 Å². The van der Waals surface area contributed by atoms with Crippen LogP contribution in [0.1, 0.15) is 38.2 Å². The largest absolute Gasteiger partial charge is 0.400 e. The molecule has 17 rings (SSSR count). The number of aromatic amines is 2. The molecule has 504 valence electrons. The summed E-state index contributed by atoms with van der Waals surface area (Å²) in [5.74, 6) is 0.168. The Morgan fingerprint density at radius 3 is 0.894 bits per heavy atom. The Kier molecular flexibility index (Phi) is 23.3. The first-order valence-electron chi connectivity index (χ1n) is 34.5. The standard InChI is InChI=1S/C38H26N2.C36H28N4.C14H12O.C6H5Br.CH4O/c1-5-13-25(14-6-1)33-31-23-21-30-29(37(31)39-35(33)27-17-9-3-10-18-27)22-24-32-34(26-15-7-2-8-16-26)36(40-38(30)32)28-19-11-4-12-20-28;1-5-15-27(16-6-1)35(28-17-7-2-8-18-28)39-37-33-25-13-24-32-31(33)23-14-26-34(32)38-40-36(29-19-9-3-10-20-29)30-21-11-4-12-22-30;15-14(13-9-5-2-6-10-13)11-12-7-3-1-4-8-12;7-6-4-2-1-3-5-6;1-2/h1-24,39-40H;1-26,37-38H;1-10H,11H2;1-5H;2H,1H3. The first-order valence-corrected chi connectivity index (χ1v) is 35.3. The molecule has 0 amide bonds. The van der Waals surface area contributed by atoms with E-state index >= 15 is 0 Å². The normalized spacial score (nSPS) is 10.5. The summed E-state index contributed by atoms with van der Waals surface area (Å²) >= 11 is 3.31. The van der Waals surface area contributed by atoms with Crippen molar-refractivity contribution in [1.82, 2.24) is 9.97 Å². The molecule has 2 heterocycles. The number of aliphatic hydroxyl groups excluding tert-OH is 1. The number of ketones is 1. The number of fused-ring (bicyclic) bond motifs is 6. The van der Waals surface area contributed by atoms with E-state index in [9.17, 15) is 4.79 Å². The highest BCUT2D eigenvalue weighted by atomic mass is 79.9. The van der Waals surface area contributed by atoms with Crippen LogP contribution in [-0.4, -0.2) is 39.4 Å². The van der Waals surface area contributed by atoms with Crippen molar-refractivity contribution in [3.8, 4) is 44.8 Å². The van der Waals surface area contributed by atoms with Gasteiger partial charge in [0.1, 0.15) is 0 Å². The topological polar surface area (TPSA) is 118 Å². The number of H-pyrrole nitrogens is 2. The minimum Gasteiger partial charge on any atom is -0.400 e. The Morgan fingerprint density at radius 2 is 0.577 bits per heavy atom. The third-order valence-electron chi connectivity index (χ3n) is 17.7. The summed E-state index contributed by atoms with van der Waals surface area (Å²) in [4.78, 5) is 19.5. The SMILES string of the molecule is Brc1ccccc1.CO.O=C(Cc1ccccc1)c1ccccc1.c1ccc(-c2[nH]c3c(ccc4c3ccc3c(-c5ccccc5)c(-c5ccccc5)[nH]c34)c2-c2ccccc2)cc1.c1ccc(C(=NNc2cccc3c(NN=C(c4ccccc4)c4ccccc4)cccc23)c2ccccc2)cc1. The fourth-order valence-electron chi connectivity index (χ4n) is 12.8. The molecule has 2 aromatic heterocycles. The second-order valence-corrected chi connectivity index (χ2v) is 25.3. The zero-order valence-corrected chi connectivity index (χ0v) is 58.9. The number of rotatable bonds is 15. The Balaban J connectivity index is 0.000000141. The highest BCUT2D eigenvalue weighted by Gasteiger charge is 2.21. The van der Waals surface area contributed by atoms with E-state index in [0.29, 0.717) is 6.42 Å². The average molecular weight is 1410 g/mol. The van der Waals surface area contributed by atoms with Crippen LogP contribution in [0.2, 0.25) is 0 Å². The third-order valence-corrected chi connectivity index (χ3v) is 18.2. The number of hydrogen-bond donors (Lipinski definition) is 5. The van der Waals surface area contributed by atoms with Crippen LogP contribution in [0.3, 0.4) is 0 Å². The molecular formula is C95H75BrN6O2. The molecule has 15 aromatic carbocycles. The van der Waals surface area contributed by atoms with E-state index in [4.69, 9.17) is 15.3 Å². The number of nitrogens with one attached hydrogen (secondary N) is 4. The number of anilines is 2. The van der Waals surface area contributed by atoms with Crippen molar-refractivity contribution in [2.45, 2.75) is 6.42 Å². The smallest absolute Gasteiger partial charge is 0.167 e. The Bertz CT molecular complexity index is 5260. The molecule has 0 aliphatic heterocycles. The van der Waals surface area contributed by atoms with Gasteiger partial charge in [0, 0.05) is 89.3 Å². The van der Waals surface area contributed by atoms with Crippen molar-refractivity contribution in [2.75, 3.05) is 18.0 Å². The number of hydrogen-bond acceptors (Lipinski definition) is 6. The molecule has 17 aromatic rings. The molecule has 0 aliphatic rings. The van der Waals surface area contributed by atoms with Gasteiger partial charge in [0.25, 0.3) is 0 Å². The van der Waals surface area contributed by atoms with Gasteiger partial charge in [-0.2, -0.15) is 10.2 Å². The first-order chi connectivity index (χ1) is 51.5. The summed E-state index contributed by atoms with van der Waals surface area (Å²) in [5.41, 5.74) is 28.2.